The highest BCUT2D eigenvalue weighted by atomic mass is 16.1. The third-order valence-corrected chi connectivity index (χ3v) is 8.91. The van der Waals surface area contributed by atoms with Gasteiger partial charge in [0.05, 0.1) is 11.5 Å². The van der Waals surface area contributed by atoms with Crippen LogP contribution >= 0.6 is 0 Å². The van der Waals surface area contributed by atoms with Gasteiger partial charge in [-0.05, 0) is 98.4 Å². The van der Waals surface area contributed by atoms with Crippen molar-refractivity contribution in [3.63, 3.8) is 0 Å². The maximum absolute atomic E-state index is 12.7. The number of nitrogens with one attached hydrogen (secondary N) is 4. The second-order valence-corrected chi connectivity index (χ2v) is 12.7. The molecule has 242 valence electrons. The average molecular weight is 612 g/mol. The number of hydrogen-bond donors (Lipinski definition) is 5. The lowest BCUT2D eigenvalue weighted by Crippen LogP contribution is -2.48. The molecule has 4 atom stereocenters. The van der Waals surface area contributed by atoms with Crippen molar-refractivity contribution in [2.45, 2.75) is 90.3 Å². The Kier molecular flexibility index (Phi) is 12.4. The molecule has 0 bridgehead atoms. The molecule has 0 spiro atoms. The van der Waals surface area contributed by atoms with Crippen molar-refractivity contribution in [1.29, 1.82) is 5.26 Å². The van der Waals surface area contributed by atoms with Gasteiger partial charge in [-0.2, -0.15) is 5.26 Å². The number of carbonyl (C=O) groups excluding carboxylic acids is 1. The summed E-state index contributed by atoms with van der Waals surface area (Å²) in [5.74, 6) is 0.889. The normalized spacial score (nSPS) is 18.0. The minimum atomic E-state index is -0.751. The van der Waals surface area contributed by atoms with E-state index in [4.69, 9.17) is 10.7 Å². The zero-order valence-corrected chi connectivity index (χ0v) is 28.3. The number of benzene rings is 2. The first-order valence-corrected chi connectivity index (χ1v) is 16.2. The number of aliphatic imine (C=N–C) groups is 1. The summed E-state index contributed by atoms with van der Waals surface area (Å²) in [7, 11) is 3.53. The van der Waals surface area contributed by atoms with Crippen LogP contribution < -0.4 is 27.0 Å². The van der Waals surface area contributed by atoms with Crippen LogP contribution in [0, 0.1) is 17.2 Å². The van der Waals surface area contributed by atoms with Gasteiger partial charge in [-0.3, -0.25) is 9.79 Å². The summed E-state index contributed by atoms with van der Waals surface area (Å²) in [6.45, 7) is 19.4. The molecule has 45 heavy (non-hydrogen) atoms. The highest BCUT2D eigenvalue weighted by Crippen LogP contribution is 2.44. The molecule has 3 rings (SSSR count). The highest BCUT2D eigenvalue weighted by molar-refractivity contribution is 5.98. The van der Waals surface area contributed by atoms with Gasteiger partial charge in [-0.15, -0.1) is 0 Å². The summed E-state index contributed by atoms with van der Waals surface area (Å²) in [5.41, 5.74) is 14.1. The fourth-order valence-corrected chi connectivity index (χ4v) is 6.29. The fourth-order valence-electron chi connectivity index (χ4n) is 6.29. The molecular weight excluding hydrogens is 558 g/mol. The number of nitriles is 1. The number of amidine groups is 1. The Bertz CT molecular complexity index is 1380. The van der Waals surface area contributed by atoms with E-state index in [2.05, 4.69) is 85.5 Å². The molecule has 0 saturated carbocycles. The number of rotatable bonds is 15. The standard InChI is InChI=1S/C37H53N7O/c1-10-24(4)17-32(21-38)44-26(6)22-42-25(5)20-37(36(39)43-23(2)3)33-15-13-28(27(7)40-8)18-29(33)11-12-30-19-31(35(45)41-9)14-16-34(30)37/h13-16,18-19,23-25,32,40,42,44H,6-7,10-12,17,20,22H2,1-5,8-9H3,(H2,39,43)(H,41,45)/t24-,25-,32?,37?/m0/s1. The van der Waals surface area contributed by atoms with Crippen LogP contribution in [0.2, 0.25) is 0 Å². The number of nitrogens with two attached hydrogens (primary N) is 1. The van der Waals surface area contributed by atoms with Crippen LogP contribution in [-0.4, -0.2) is 50.5 Å². The fraction of sp³-hybridized carbons (Fsp3) is 0.486. The van der Waals surface area contributed by atoms with Crippen LogP contribution in [-0.2, 0) is 18.3 Å². The van der Waals surface area contributed by atoms with E-state index in [-0.39, 0.29) is 24.0 Å². The zero-order valence-electron chi connectivity index (χ0n) is 28.3. The van der Waals surface area contributed by atoms with Gasteiger partial charge in [-0.25, -0.2) is 0 Å². The van der Waals surface area contributed by atoms with E-state index in [0.717, 1.165) is 59.3 Å². The van der Waals surface area contributed by atoms with E-state index in [0.29, 0.717) is 30.3 Å². The van der Waals surface area contributed by atoms with Gasteiger partial charge in [0.2, 0.25) is 0 Å². The van der Waals surface area contributed by atoms with Crippen molar-refractivity contribution in [3.05, 3.63) is 88.6 Å². The predicted octanol–water partition coefficient (Wildman–Crippen LogP) is 5.19. The molecule has 8 heteroatoms. The maximum atomic E-state index is 12.7. The third kappa shape index (κ3) is 8.34. The molecule has 2 unspecified atom stereocenters. The Morgan fingerprint density at radius 3 is 2.16 bits per heavy atom. The van der Waals surface area contributed by atoms with Gasteiger partial charge in [0.25, 0.3) is 5.91 Å². The van der Waals surface area contributed by atoms with Gasteiger partial charge < -0.3 is 27.0 Å². The van der Waals surface area contributed by atoms with Crippen LogP contribution in [0.3, 0.4) is 0 Å². The first-order valence-electron chi connectivity index (χ1n) is 16.2. The number of nitrogens with zero attached hydrogens (tertiary/aromatic N) is 2. The Morgan fingerprint density at radius 2 is 1.62 bits per heavy atom. The second-order valence-electron chi connectivity index (χ2n) is 12.7. The largest absolute Gasteiger partial charge is 0.388 e. The molecule has 0 fully saturated rings. The van der Waals surface area contributed by atoms with E-state index >= 15 is 0 Å². The van der Waals surface area contributed by atoms with Crippen molar-refractivity contribution in [2.24, 2.45) is 16.6 Å². The Morgan fingerprint density at radius 1 is 1.02 bits per heavy atom. The van der Waals surface area contributed by atoms with Crippen LogP contribution in [0.1, 0.15) is 92.1 Å². The summed E-state index contributed by atoms with van der Waals surface area (Å²) in [5, 5.41) is 22.6. The molecule has 0 aromatic heterocycles. The van der Waals surface area contributed by atoms with Crippen LogP contribution in [0.25, 0.3) is 5.70 Å². The molecule has 0 heterocycles. The van der Waals surface area contributed by atoms with E-state index in [9.17, 15) is 10.1 Å². The number of hydrogen-bond acceptors (Lipinski definition) is 6. The smallest absolute Gasteiger partial charge is 0.251 e. The Hall–Kier alpha value is -4.09. The van der Waals surface area contributed by atoms with E-state index in [1.807, 2.05) is 33.0 Å². The summed E-state index contributed by atoms with van der Waals surface area (Å²) in [6, 6.07) is 14.5. The van der Waals surface area contributed by atoms with Gasteiger partial charge in [0.15, 0.2) is 0 Å². The maximum Gasteiger partial charge on any atom is 0.251 e. The highest BCUT2D eigenvalue weighted by Gasteiger charge is 2.44. The molecule has 1 amide bonds. The number of fused-ring (bicyclic) bond motifs is 2. The van der Waals surface area contributed by atoms with Gasteiger partial charge in [-0.1, -0.05) is 51.6 Å². The first-order chi connectivity index (χ1) is 21.4. The van der Waals surface area contributed by atoms with Crippen LogP contribution in [0.5, 0.6) is 0 Å². The second kappa shape index (κ2) is 15.8. The average Bonchev–Trinajstić information content (AvgIpc) is 3.16. The van der Waals surface area contributed by atoms with E-state index < -0.39 is 5.41 Å². The van der Waals surface area contributed by atoms with Crippen molar-refractivity contribution in [1.82, 2.24) is 21.3 Å². The Balaban J connectivity index is 2.11. The van der Waals surface area contributed by atoms with Crippen molar-refractivity contribution in [3.8, 4) is 6.07 Å². The van der Waals surface area contributed by atoms with Crippen molar-refractivity contribution < 1.29 is 4.79 Å². The first kappa shape index (κ1) is 35.4. The summed E-state index contributed by atoms with van der Waals surface area (Å²) in [6.07, 6.45) is 3.98. The molecule has 8 nitrogen and oxygen atoms in total. The van der Waals surface area contributed by atoms with Gasteiger partial charge in [0.1, 0.15) is 11.9 Å². The SMILES string of the molecule is C=C(CN[C@@H](C)CC1(C(N)=NC(C)C)c2ccc(C(=C)NC)cc2CCc2cc(C(=O)NC)ccc21)NC(C#N)C[C@@H](C)CC. The lowest BCUT2D eigenvalue weighted by molar-refractivity contribution is 0.0963. The van der Waals surface area contributed by atoms with Crippen molar-refractivity contribution >= 4 is 17.4 Å². The Labute approximate surface area is 270 Å². The van der Waals surface area contributed by atoms with E-state index in [1.54, 1.807) is 7.05 Å². The number of amides is 1. The molecule has 6 N–H and O–H groups in total. The summed E-state index contributed by atoms with van der Waals surface area (Å²) >= 11 is 0. The molecule has 1 aliphatic carbocycles. The van der Waals surface area contributed by atoms with Gasteiger partial charge >= 0.3 is 0 Å². The summed E-state index contributed by atoms with van der Waals surface area (Å²) in [4.78, 5) is 17.7. The minimum absolute atomic E-state index is 0.00816. The monoisotopic (exact) mass is 611 g/mol. The molecule has 2 aromatic carbocycles. The van der Waals surface area contributed by atoms with Crippen LogP contribution in [0.15, 0.2) is 60.2 Å². The van der Waals surface area contributed by atoms with E-state index in [1.165, 1.54) is 5.56 Å². The molecule has 0 aliphatic heterocycles. The minimum Gasteiger partial charge on any atom is -0.388 e. The summed E-state index contributed by atoms with van der Waals surface area (Å²) < 4.78 is 0. The third-order valence-electron chi connectivity index (χ3n) is 8.91. The zero-order chi connectivity index (χ0) is 33.3. The topological polar surface area (TPSA) is 127 Å². The molecule has 0 saturated heterocycles. The number of aryl methyl sites for hydroxylation is 2. The van der Waals surface area contributed by atoms with Gasteiger partial charge in [0, 0.05) is 49.7 Å². The molecular formula is C37H53N7O. The van der Waals surface area contributed by atoms with Crippen LogP contribution in [0.4, 0.5) is 0 Å². The lowest BCUT2D eigenvalue weighted by atomic mass is 9.67. The molecule has 2 aromatic rings. The predicted molar refractivity (Wildman–Crippen MR) is 187 cm³/mol. The molecule has 0 radical (unpaired) electrons. The number of carbonyl (C=O) groups is 1. The lowest BCUT2D eigenvalue weighted by Gasteiger charge is -2.39. The quantitative estimate of drug-likeness (QED) is 0.139. The molecule has 1 aliphatic rings. The van der Waals surface area contributed by atoms with Crippen molar-refractivity contribution in [2.75, 3.05) is 20.6 Å².